The van der Waals surface area contributed by atoms with Gasteiger partial charge in [0.15, 0.2) is 11.3 Å². The number of halogens is 3. The first-order valence-electron chi connectivity index (χ1n) is 3.65. The molecule has 0 spiro atoms. The van der Waals surface area contributed by atoms with Crippen LogP contribution in [0.4, 0.5) is 18.9 Å². The molecule has 0 amide bonds. The Hall–Kier alpha value is -1.79. The lowest BCUT2D eigenvalue weighted by Gasteiger charge is -1.98. The van der Waals surface area contributed by atoms with Crippen LogP contribution in [0, 0.1) is 0 Å². The van der Waals surface area contributed by atoms with E-state index in [0.717, 1.165) is 10.7 Å². The van der Waals surface area contributed by atoms with Crippen molar-refractivity contribution in [2.75, 3.05) is 5.73 Å². The van der Waals surface area contributed by atoms with Crippen LogP contribution >= 0.6 is 0 Å². The number of hydrogen-bond acceptors (Lipinski definition) is 3. The van der Waals surface area contributed by atoms with Crippen LogP contribution in [0.3, 0.4) is 0 Å². The summed E-state index contributed by atoms with van der Waals surface area (Å²) in [6.07, 6.45) is -2.37. The van der Waals surface area contributed by atoms with Crippen molar-refractivity contribution in [1.82, 2.24) is 14.6 Å². The fraction of sp³-hybridized carbons (Fsp3) is 0.143. The van der Waals surface area contributed by atoms with Crippen LogP contribution in [-0.2, 0) is 6.18 Å². The molecule has 0 unspecified atom stereocenters. The van der Waals surface area contributed by atoms with Crippen LogP contribution in [-0.4, -0.2) is 14.6 Å². The number of alkyl halides is 3. The summed E-state index contributed by atoms with van der Waals surface area (Å²) in [6, 6.07) is 1.39. The number of anilines is 1. The van der Waals surface area contributed by atoms with Gasteiger partial charge in [-0.3, -0.25) is 0 Å². The second kappa shape index (κ2) is 2.60. The quantitative estimate of drug-likeness (QED) is 0.701. The summed E-state index contributed by atoms with van der Waals surface area (Å²) in [4.78, 5) is 3.33. The lowest BCUT2D eigenvalue weighted by atomic mass is 10.5. The van der Waals surface area contributed by atoms with Gasteiger partial charge in [-0.1, -0.05) is 0 Å². The summed E-state index contributed by atoms with van der Waals surface area (Å²) >= 11 is 0. The lowest BCUT2D eigenvalue weighted by Crippen LogP contribution is -2.04. The normalized spacial score (nSPS) is 12.2. The van der Waals surface area contributed by atoms with E-state index in [4.69, 9.17) is 5.73 Å². The molecule has 0 atom stereocenters. The zero-order valence-electron chi connectivity index (χ0n) is 6.78. The Bertz CT molecular complexity index is 473. The number of nitrogens with two attached hydrogens (primary N) is 1. The first-order chi connectivity index (χ1) is 6.48. The summed E-state index contributed by atoms with van der Waals surface area (Å²) in [7, 11) is 0. The van der Waals surface area contributed by atoms with E-state index >= 15 is 0 Å². The van der Waals surface area contributed by atoms with Crippen molar-refractivity contribution in [3.8, 4) is 0 Å². The van der Waals surface area contributed by atoms with Gasteiger partial charge < -0.3 is 5.73 Å². The van der Waals surface area contributed by atoms with Gasteiger partial charge in [0.1, 0.15) is 0 Å². The molecule has 0 aliphatic carbocycles. The third-order valence-electron chi connectivity index (χ3n) is 1.68. The molecule has 0 aromatic carbocycles. The fourth-order valence-corrected chi connectivity index (χ4v) is 1.05. The highest BCUT2D eigenvalue weighted by atomic mass is 19.4. The third-order valence-corrected chi connectivity index (χ3v) is 1.68. The number of fused-ring (bicyclic) bond motifs is 1. The molecule has 0 saturated heterocycles. The minimum absolute atomic E-state index is 0.0137. The molecule has 0 radical (unpaired) electrons. The SMILES string of the molecule is Nc1ccnn2cc(C(F)(F)F)nc12. The standard InChI is InChI=1S/C7H5F3N4/c8-7(9,10)5-3-14-6(13-5)4(11)1-2-12-14/h1-3H,11H2. The minimum atomic E-state index is -4.47. The number of aromatic nitrogens is 3. The zero-order valence-corrected chi connectivity index (χ0v) is 6.78. The molecular formula is C7H5F3N4. The van der Waals surface area contributed by atoms with Crippen LogP contribution in [0.2, 0.25) is 0 Å². The molecule has 2 rings (SSSR count). The van der Waals surface area contributed by atoms with Crippen molar-refractivity contribution in [1.29, 1.82) is 0 Å². The molecule has 2 N–H and O–H groups in total. The van der Waals surface area contributed by atoms with Gasteiger partial charge in [-0.25, -0.2) is 9.50 Å². The van der Waals surface area contributed by atoms with Crippen molar-refractivity contribution in [3.63, 3.8) is 0 Å². The highest BCUT2D eigenvalue weighted by molar-refractivity contribution is 5.63. The lowest BCUT2D eigenvalue weighted by molar-refractivity contribution is -0.140. The van der Waals surface area contributed by atoms with Crippen molar-refractivity contribution in [2.24, 2.45) is 0 Å². The molecule has 14 heavy (non-hydrogen) atoms. The molecule has 2 aromatic heterocycles. The molecule has 0 aliphatic heterocycles. The van der Waals surface area contributed by atoms with Crippen LogP contribution in [0.15, 0.2) is 18.5 Å². The number of hydrogen-bond donors (Lipinski definition) is 1. The largest absolute Gasteiger partial charge is 0.434 e. The second-order valence-electron chi connectivity index (χ2n) is 2.68. The molecule has 0 saturated carbocycles. The smallest absolute Gasteiger partial charge is 0.396 e. The van der Waals surface area contributed by atoms with Crippen LogP contribution in [0.25, 0.3) is 5.65 Å². The van der Waals surface area contributed by atoms with E-state index in [1.165, 1.54) is 12.3 Å². The minimum Gasteiger partial charge on any atom is -0.396 e. The third kappa shape index (κ3) is 1.26. The van der Waals surface area contributed by atoms with Gasteiger partial charge in [0.2, 0.25) is 0 Å². The van der Waals surface area contributed by atoms with Crippen LogP contribution < -0.4 is 5.73 Å². The molecule has 0 fully saturated rings. The maximum Gasteiger partial charge on any atom is 0.434 e. The van der Waals surface area contributed by atoms with Crippen LogP contribution in [0.1, 0.15) is 5.69 Å². The van der Waals surface area contributed by atoms with Gasteiger partial charge in [0.25, 0.3) is 0 Å². The Kier molecular flexibility index (Phi) is 1.63. The van der Waals surface area contributed by atoms with Gasteiger partial charge in [0, 0.05) is 0 Å². The molecule has 0 bridgehead atoms. The summed E-state index contributed by atoms with van der Waals surface area (Å²) in [5, 5.41) is 3.65. The zero-order chi connectivity index (χ0) is 10.3. The van der Waals surface area contributed by atoms with Crippen LogP contribution in [0.5, 0.6) is 0 Å². The van der Waals surface area contributed by atoms with Crippen molar-refractivity contribution >= 4 is 11.3 Å². The first kappa shape index (κ1) is 8.79. The first-order valence-corrected chi connectivity index (χ1v) is 3.65. The van der Waals surface area contributed by atoms with E-state index in [-0.39, 0.29) is 11.3 Å². The molecule has 2 heterocycles. The van der Waals surface area contributed by atoms with Gasteiger partial charge >= 0.3 is 6.18 Å². The molecule has 74 valence electrons. The topological polar surface area (TPSA) is 56.2 Å². The summed E-state index contributed by atoms with van der Waals surface area (Å²) < 4.78 is 37.6. The predicted molar refractivity (Wildman–Crippen MR) is 42.4 cm³/mol. The predicted octanol–water partition coefficient (Wildman–Crippen LogP) is 1.33. The maximum absolute atomic E-state index is 12.2. The highest BCUT2D eigenvalue weighted by Gasteiger charge is 2.34. The van der Waals surface area contributed by atoms with Crippen molar-refractivity contribution < 1.29 is 13.2 Å². The number of imidazole rings is 1. The number of nitrogens with zero attached hydrogens (tertiary/aromatic N) is 3. The van der Waals surface area contributed by atoms with E-state index in [9.17, 15) is 13.2 Å². The van der Waals surface area contributed by atoms with Gasteiger partial charge in [0.05, 0.1) is 18.1 Å². The highest BCUT2D eigenvalue weighted by Crippen LogP contribution is 2.28. The summed E-state index contributed by atoms with van der Waals surface area (Å²) in [5.41, 5.74) is 4.60. The van der Waals surface area contributed by atoms with E-state index in [1.807, 2.05) is 0 Å². The fourth-order valence-electron chi connectivity index (χ4n) is 1.05. The van der Waals surface area contributed by atoms with E-state index in [2.05, 4.69) is 10.1 Å². The van der Waals surface area contributed by atoms with Crippen molar-refractivity contribution in [3.05, 3.63) is 24.2 Å². The maximum atomic E-state index is 12.2. The van der Waals surface area contributed by atoms with E-state index in [0.29, 0.717) is 0 Å². The number of rotatable bonds is 0. The Labute approximate surface area is 76.2 Å². The van der Waals surface area contributed by atoms with Crippen molar-refractivity contribution in [2.45, 2.75) is 6.18 Å². The molecule has 0 aliphatic rings. The average molecular weight is 202 g/mol. The Morgan fingerprint density at radius 3 is 2.64 bits per heavy atom. The second-order valence-corrected chi connectivity index (χ2v) is 2.68. The summed E-state index contributed by atoms with van der Waals surface area (Å²) in [5.74, 6) is 0. The van der Waals surface area contributed by atoms with Gasteiger partial charge in [-0.2, -0.15) is 18.3 Å². The monoisotopic (exact) mass is 202 g/mol. The summed E-state index contributed by atoms with van der Waals surface area (Å²) in [6.45, 7) is 0. The van der Waals surface area contributed by atoms with Gasteiger partial charge in [-0.05, 0) is 6.07 Å². The molecular weight excluding hydrogens is 197 g/mol. The average Bonchev–Trinajstić information content (AvgIpc) is 2.48. The molecule has 7 heteroatoms. The van der Waals surface area contributed by atoms with Gasteiger partial charge in [-0.15, -0.1) is 0 Å². The Balaban J connectivity index is 2.69. The Morgan fingerprint density at radius 1 is 1.36 bits per heavy atom. The van der Waals surface area contributed by atoms with E-state index in [1.54, 1.807) is 0 Å². The number of nitrogen functional groups attached to an aromatic ring is 1. The molecule has 2 aromatic rings. The Morgan fingerprint density at radius 2 is 2.07 bits per heavy atom. The van der Waals surface area contributed by atoms with E-state index < -0.39 is 11.9 Å². The molecule has 4 nitrogen and oxygen atoms in total.